The van der Waals surface area contributed by atoms with E-state index < -0.39 is 11.9 Å². The molecule has 0 saturated carbocycles. The Labute approximate surface area is 114 Å². The molecular weight excluding hydrogens is 260 g/mol. The molecule has 2 rings (SSSR count). The number of hydrazone groups is 1. The van der Waals surface area contributed by atoms with E-state index in [1.54, 1.807) is 25.1 Å². The van der Waals surface area contributed by atoms with Gasteiger partial charge in [-0.2, -0.15) is 10.2 Å². The van der Waals surface area contributed by atoms with E-state index in [-0.39, 0.29) is 11.3 Å². The minimum atomic E-state index is -0.990. The van der Waals surface area contributed by atoms with E-state index in [4.69, 9.17) is 5.11 Å². The molecule has 0 radical (unpaired) electrons. The highest BCUT2D eigenvalue weighted by atomic mass is 16.4. The molecule has 0 fully saturated rings. The van der Waals surface area contributed by atoms with Crippen LogP contribution >= 0.6 is 0 Å². The number of H-pyrrole nitrogens is 1. The molecule has 7 heteroatoms. The first-order valence-electron chi connectivity index (χ1n) is 5.75. The van der Waals surface area contributed by atoms with Gasteiger partial charge in [0.05, 0.1) is 11.8 Å². The molecule has 2 aromatic rings. The number of benzene rings is 1. The lowest BCUT2D eigenvalue weighted by atomic mass is 10.1. The Morgan fingerprint density at radius 3 is 2.60 bits per heavy atom. The summed E-state index contributed by atoms with van der Waals surface area (Å²) in [7, 11) is 0. The van der Waals surface area contributed by atoms with E-state index in [0.717, 1.165) is 5.69 Å². The number of carbonyl (C=O) groups is 2. The van der Waals surface area contributed by atoms with Gasteiger partial charge in [0, 0.05) is 5.69 Å². The number of carboxylic acid groups (broad SMARTS) is 1. The third kappa shape index (κ3) is 3.29. The number of nitrogens with one attached hydrogen (secondary N) is 2. The van der Waals surface area contributed by atoms with Crippen LogP contribution < -0.4 is 5.43 Å². The van der Waals surface area contributed by atoms with Gasteiger partial charge in [-0.05, 0) is 30.7 Å². The Morgan fingerprint density at radius 1 is 1.35 bits per heavy atom. The molecule has 102 valence electrons. The van der Waals surface area contributed by atoms with Crippen LogP contribution in [0.3, 0.4) is 0 Å². The van der Waals surface area contributed by atoms with Crippen molar-refractivity contribution in [2.45, 2.75) is 6.92 Å². The fourth-order valence-electron chi connectivity index (χ4n) is 1.47. The first-order chi connectivity index (χ1) is 9.56. The summed E-state index contributed by atoms with van der Waals surface area (Å²) in [5.41, 5.74) is 4.23. The summed E-state index contributed by atoms with van der Waals surface area (Å²) in [6.45, 7) is 1.79. The lowest BCUT2D eigenvalue weighted by Gasteiger charge is -1.96. The van der Waals surface area contributed by atoms with Gasteiger partial charge in [0.15, 0.2) is 5.69 Å². The second-order valence-corrected chi connectivity index (χ2v) is 4.06. The highest BCUT2D eigenvalue weighted by Crippen LogP contribution is 2.02. The molecule has 0 saturated heterocycles. The van der Waals surface area contributed by atoms with Crippen molar-refractivity contribution in [3.05, 3.63) is 52.8 Å². The van der Waals surface area contributed by atoms with E-state index in [2.05, 4.69) is 20.7 Å². The number of aryl methyl sites for hydroxylation is 1. The fraction of sp³-hybridized carbons (Fsp3) is 0.0769. The van der Waals surface area contributed by atoms with Crippen molar-refractivity contribution < 1.29 is 14.7 Å². The zero-order valence-electron chi connectivity index (χ0n) is 10.6. The molecule has 7 nitrogen and oxygen atoms in total. The SMILES string of the molecule is Cc1cc(C(=O)NN=Cc2ccc(C(=O)O)cc2)n[nH]1. The molecule has 1 aromatic heterocycles. The molecular formula is C13H12N4O3. The molecule has 1 amide bonds. The number of aromatic carboxylic acids is 1. The highest BCUT2D eigenvalue weighted by Gasteiger charge is 2.07. The van der Waals surface area contributed by atoms with Gasteiger partial charge >= 0.3 is 5.97 Å². The summed E-state index contributed by atoms with van der Waals surface area (Å²) >= 11 is 0. The maximum Gasteiger partial charge on any atom is 0.335 e. The molecule has 0 aliphatic heterocycles. The fourth-order valence-corrected chi connectivity index (χ4v) is 1.47. The highest BCUT2D eigenvalue weighted by molar-refractivity contribution is 5.93. The summed E-state index contributed by atoms with van der Waals surface area (Å²) in [5, 5.41) is 19.0. The summed E-state index contributed by atoms with van der Waals surface area (Å²) in [5.74, 6) is -1.41. The van der Waals surface area contributed by atoms with Gasteiger partial charge < -0.3 is 5.11 Å². The topological polar surface area (TPSA) is 107 Å². The van der Waals surface area contributed by atoms with Crippen LogP contribution in [0.2, 0.25) is 0 Å². The number of carboxylic acids is 1. The Morgan fingerprint density at radius 2 is 2.05 bits per heavy atom. The van der Waals surface area contributed by atoms with Gasteiger partial charge in [-0.3, -0.25) is 9.89 Å². The maximum absolute atomic E-state index is 11.6. The van der Waals surface area contributed by atoms with E-state index in [9.17, 15) is 9.59 Å². The lowest BCUT2D eigenvalue weighted by Crippen LogP contribution is -2.18. The Bertz CT molecular complexity index is 659. The van der Waals surface area contributed by atoms with Crippen molar-refractivity contribution in [2.75, 3.05) is 0 Å². The van der Waals surface area contributed by atoms with Gasteiger partial charge in [0.1, 0.15) is 0 Å². The molecule has 0 aliphatic rings. The van der Waals surface area contributed by atoms with Crippen molar-refractivity contribution in [3.63, 3.8) is 0 Å². The number of hydrogen-bond acceptors (Lipinski definition) is 4. The van der Waals surface area contributed by atoms with Crippen molar-refractivity contribution in [1.82, 2.24) is 15.6 Å². The number of carbonyl (C=O) groups excluding carboxylic acids is 1. The maximum atomic E-state index is 11.6. The second-order valence-electron chi connectivity index (χ2n) is 4.06. The number of rotatable bonds is 4. The number of amides is 1. The lowest BCUT2D eigenvalue weighted by molar-refractivity contribution is 0.0696. The average Bonchev–Trinajstić information content (AvgIpc) is 2.86. The third-order valence-corrected chi connectivity index (χ3v) is 2.48. The van der Waals surface area contributed by atoms with Crippen LogP contribution in [0.1, 0.15) is 32.1 Å². The molecule has 0 unspecified atom stereocenters. The van der Waals surface area contributed by atoms with Gasteiger partial charge in [-0.25, -0.2) is 10.2 Å². The van der Waals surface area contributed by atoms with Crippen molar-refractivity contribution >= 4 is 18.1 Å². The number of hydrogen-bond donors (Lipinski definition) is 3. The quantitative estimate of drug-likeness (QED) is 0.573. The van der Waals surface area contributed by atoms with Gasteiger partial charge in [-0.15, -0.1) is 0 Å². The van der Waals surface area contributed by atoms with Gasteiger partial charge in [0.25, 0.3) is 5.91 Å². The smallest absolute Gasteiger partial charge is 0.335 e. The molecule has 0 spiro atoms. The standard InChI is InChI=1S/C13H12N4O3/c1-8-6-11(16-15-8)12(18)17-14-7-9-2-4-10(5-3-9)13(19)20/h2-7H,1H3,(H,15,16)(H,17,18)(H,19,20). The van der Waals surface area contributed by atoms with Crippen molar-refractivity contribution in [1.29, 1.82) is 0 Å². The van der Waals surface area contributed by atoms with Crippen LogP contribution in [0.15, 0.2) is 35.4 Å². The van der Waals surface area contributed by atoms with Crippen molar-refractivity contribution in [2.24, 2.45) is 5.10 Å². The summed E-state index contributed by atoms with van der Waals surface area (Å²) in [6, 6.07) is 7.72. The van der Waals surface area contributed by atoms with Gasteiger partial charge in [0.2, 0.25) is 0 Å². The summed E-state index contributed by atoms with van der Waals surface area (Å²) in [4.78, 5) is 22.3. The Balaban J connectivity index is 1.96. The van der Waals surface area contributed by atoms with Crippen LogP contribution in [0, 0.1) is 6.92 Å². The zero-order valence-corrected chi connectivity index (χ0v) is 10.6. The van der Waals surface area contributed by atoms with E-state index in [1.165, 1.54) is 18.3 Å². The normalized spacial score (nSPS) is 10.7. The van der Waals surface area contributed by atoms with E-state index >= 15 is 0 Å². The number of aromatic nitrogens is 2. The summed E-state index contributed by atoms with van der Waals surface area (Å²) < 4.78 is 0. The zero-order chi connectivity index (χ0) is 14.5. The van der Waals surface area contributed by atoms with E-state index in [1.807, 2.05) is 0 Å². The van der Waals surface area contributed by atoms with Crippen LogP contribution in [-0.2, 0) is 0 Å². The predicted molar refractivity (Wildman–Crippen MR) is 71.8 cm³/mol. The molecule has 1 aromatic carbocycles. The van der Waals surface area contributed by atoms with Crippen LogP contribution in [-0.4, -0.2) is 33.4 Å². The minimum absolute atomic E-state index is 0.193. The first-order valence-corrected chi connectivity index (χ1v) is 5.75. The molecule has 0 bridgehead atoms. The van der Waals surface area contributed by atoms with Crippen LogP contribution in [0.5, 0.6) is 0 Å². The third-order valence-electron chi connectivity index (χ3n) is 2.48. The molecule has 0 atom stereocenters. The predicted octanol–water partition coefficient (Wildman–Crippen LogP) is 1.18. The first kappa shape index (κ1) is 13.5. The minimum Gasteiger partial charge on any atom is -0.478 e. The van der Waals surface area contributed by atoms with Crippen LogP contribution in [0.4, 0.5) is 0 Å². The second kappa shape index (κ2) is 5.79. The molecule has 3 N–H and O–H groups in total. The molecule has 20 heavy (non-hydrogen) atoms. The Kier molecular flexibility index (Phi) is 3.90. The van der Waals surface area contributed by atoms with Crippen LogP contribution in [0.25, 0.3) is 0 Å². The average molecular weight is 272 g/mol. The Hall–Kier alpha value is -2.96. The number of nitrogens with zero attached hydrogens (tertiary/aromatic N) is 2. The van der Waals surface area contributed by atoms with E-state index in [0.29, 0.717) is 5.56 Å². The van der Waals surface area contributed by atoms with Crippen molar-refractivity contribution in [3.8, 4) is 0 Å². The molecule has 1 heterocycles. The number of aromatic amines is 1. The monoisotopic (exact) mass is 272 g/mol. The largest absolute Gasteiger partial charge is 0.478 e. The summed E-state index contributed by atoms with van der Waals surface area (Å²) in [6.07, 6.45) is 1.42. The van der Waals surface area contributed by atoms with Gasteiger partial charge in [-0.1, -0.05) is 12.1 Å². The molecule has 0 aliphatic carbocycles.